The number of carbonyl (C=O) groups is 1. The van der Waals surface area contributed by atoms with Crippen LogP contribution >= 0.6 is 0 Å². The Balaban J connectivity index is 1.89. The van der Waals surface area contributed by atoms with E-state index in [1.807, 2.05) is 48.5 Å². The van der Waals surface area contributed by atoms with Crippen molar-refractivity contribution in [2.75, 3.05) is 0 Å². The molecule has 0 aliphatic carbocycles. The summed E-state index contributed by atoms with van der Waals surface area (Å²) in [5.74, 6) is 0.1000. The highest BCUT2D eigenvalue weighted by Crippen LogP contribution is 2.30. The molecule has 1 aromatic heterocycles. The summed E-state index contributed by atoms with van der Waals surface area (Å²) in [5, 5.41) is 3.13. The van der Waals surface area contributed by atoms with Gasteiger partial charge in [-0.3, -0.25) is 4.79 Å². The zero-order valence-corrected chi connectivity index (χ0v) is 15.6. The molecule has 1 heterocycles. The topological polar surface area (TPSA) is 22.0 Å². The molecule has 0 spiro atoms. The summed E-state index contributed by atoms with van der Waals surface area (Å²) in [6.07, 6.45) is 3.94. The molecule has 0 amide bonds. The maximum atomic E-state index is 13.6. The standard InChI is InChI=1S/C25H23NO/c1-3-4-9-17-26-18(2)24(22-14-7-8-16-23(22)26)25(27)21-15-10-12-19-11-5-6-13-20(19)21/h3,5-8,10-16H,1,4,9,17H2,2H3. The molecular formula is C25H23NO. The van der Waals surface area contributed by atoms with Crippen molar-refractivity contribution in [1.82, 2.24) is 4.57 Å². The van der Waals surface area contributed by atoms with Gasteiger partial charge in [0.2, 0.25) is 0 Å². The number of fused-ring (bicyclic) bond motifs is 2. The van der Waals surface area contributed by atoms with Crippen molar-refractivity contribution in [3.8, 4) is 0 Å². The Hall–Kier alpha value is -3.13. The van der Waals surface area contributed by atoms with Crippen molar-refractivity contribution in [1.29, 1.82) is 0 Å². The molecule has 0 bridgehead atoms. The Morgan fingerprint density at radius 2 is 1.67 bits per heavy atom. The van der Waals surface area contributed by atoms with Crippen molar-refractivity contribution in [3.05, 3.63) is 96.2 Å². The minimum atomic E-state index is 0.1000. The van der Waals surface area contributed by atoms with Crippen LogP contribution in [0.5, 0.6) is 0 Å². The third-order valence-corrected chi connectivity index (χ3v) is 5.28. The highest BCUT2D eigenvalue weighted by atomic mass is 16.1. The van der Waals surface area contributed by atoms with Crippen molar-refractivity contribution in [2.45, 2.75) is 26.3 Å². The van der Waals surface area contributed by atoms with Crippen molar-refractivity contribution in [3.63, 3.8) is 0 Å². The molecule has 0 aliphatic rings. The summed E-state index contributed by atoms with van der Waals surface area (Å²) in [4.78, 5) is 13.6. The van der Waals surface area contributed by atoms with Gasteiger partial charge in [0.05, 0.1) is 5.56 Å². The first-order chi connectivity index (χ1) is 13.2. The number of nitrogens with zero attached hydrogens (tertiary/aromatic N) is 1. The average molecular weight is 353 g/mol. The van der Waals surface area contributed by atoms with Crippen molar-refractivity contribution < 1.29 is 4.79 Å². The highest BCUT2D eigenvalue weighted by molar-refractivity contribution is 6.22. The van der Waals surface area contributed by atoms with Gasteiger partial charge in [0, 0.05) is 28.7 Å². The second-order valence-corrected chi connectivity index (χ2v) is 6.92. The predicted molar refractivity (Wildman–Crippen MR) is 113 cm³/mol. The number of hydrogen-bond acceptors (Lipinski definition) is 1. The largest absolute Gasteiger partial charge is 0.344 e. The van der Waals surface area contributed by atoms with E-state index < -0.39 is 0 Å². The Bertz CT molecular complexity index is 1140. The SMILES string of the molecule is C=CCCCn1c(C)c(C(=O)c2cccc3ccccc23)c2ccccc21. The molecule has 0 N–H and O–H groups in total. The fourth-order valence-corrected chi connectivity index (χ4v) is 3.96. The van der Waals surface area contributed by atoms with Crippen LogP contribution in [0.15, 0.2) is 79.4 Å². The van der Waals surface area contributed by atoms with Crippen LogP contribution in [-0.2, 0) is 6.54 Å². The van der Waals surface area contributed by atoms with E-state index in [0.29, 0.717) is 0 Å². The number of para-hydroxylation sites is 1. The molecule has 0 saturated carbocycles. The monoisotopic (exact) mass is 353 g/mol. The maximum Gasteiger partial charge on any atom is 0.196 e. The average Bonchev–Trinajstić information content (AvgIpc) is 2.99. The van der Waals surface area contributed by atoms with E-state index in [-0.39, 0.29) is 5.78 Å². The van der Waals surface area contributed by atoms with Crippen LogP contribution in [0.1, 0.15) is 34.5 Å². The predicted octanol–water partition coefficient (Wildman–Crippen LogP) is 6.30. The van der Waals surface area contributed by atoms with Gasteiger partial charge < -0.3 is 4.57 Å². The number of aromatic nitrogens is 1. The Kier molecular flexibility index (Phi) is 4.64. The summed E-state index contributed by atoms with van der Waals surface area (Å²) in [7, 11) is 0. The van der Waals surface area contributed by atoms with Gasteiger partial charge in [-0.1, -0.05) is 66.7 Å². The quantitative estimate of drug-likeness (QED) is 0.226. The lowest BCUT2D eigenvalue weighted by atomic mass is 9.95. The molecule has 0 radical (unpaired) electrons. The zero-order valence-electron chi connectivity index (χ0n) is 15.6. The van der Waals surface area contributed by atoms with E-state index in [0.717, 1.165) is 57.9 Å². The molecule has 2 nitrogen and oxygen atoms in total. The summed E-state index contributed by atoms with van der Waals surface area (Å²) in [6, 6.07) is 22.3. The van der Waals surface area contributed by atoms with Crippen molar-refractivity contribution >= 4 is 27.5 Å². The zero-order chi connectivity index (χ0) is 18.8. The fraction of sp³-hybridized carbons (Fsp3) is 0.160. The molecule has 0 aliphatic heterocycles. The molecular weight excluding hydrogens is 330 g/mol. The summed E-state index contributed by atoms with van der Waals surface area (Å²) >= 11 is 0. The Labute approximate surface area is 159 Å². The lowest BCUT2D eigenvalue weighted by molar-refractivity contribution is 0.104. The van der Waals surface area contributed by atoms with Gasteiger partial charge >= 0.3 is 0 Å². The molecule has 0 unspecified atom stereocenters. The molecule has 4 rings (SSSR count). The molecule has 0 saturated heterocycles. The lowest BCUT2D eigenvalue weighted by Gasteiger charge is -2.09. The van der Waals surface area contributed by atoms with Gasteiger partial charge in [-0.15, -0.1) is 6.58 Å². The summed E-state index contributed by atoms with van der Waals surface area (Å²) in [5.41, 5.74) is 3.76. The van der Waals surface area contributed by atoms with Gasteiger partial charge in [0.1, 0.15) is 0 Å². The number of ketones is 1. The first-order valence-corrected chi connectivity index (χ1v) is 9.43. The van der Waals surface area contributed by atoms with E-state index in [2.05, 4.69) is 42.3 Å². The third kappa shape index (κ3) is 2.97. The van der Waals surface area contributed by atoms with Crippen LogP contribution in [0.2, 0.25) is 0 Å². The van der Waals surface area contributed by atoms with E-state index in [4.69, 9.17) is 0 Å². The van der Waals surface area contributed by atoms with Crippen LogP contribution in [0, 0.1) is 6.92 Å². The first-order valence-electron chi connectivity index (χ1n) is 9.43. The molecule has 0 fully saturated rings. The lowest BCUT2D eigenvalue weighted by Crippen LogP contribution is -2.06. The fourth-order valence-electron chi connectivity index (χ4n) is 3.96. The van der Waals surface area contributed by atoms with Gasteiger partial charge in [-0.05, 0) is 36.6 Å². The van der Waals surface area contributed by atoms with Crippen LogP contribution in [0.4, 0.5) is 0 Å². The Morgan fingerprint density at radius 1 is 0.963 bits per heavy atom. The number of unbranched alkanes of at least 4 members (excludes halogenated alkanes) is 1. The van der Waals surface area contributed by atoms with Gasteiger partial charge in [0.25, 0.3) is 0 Å². The number of benzene rings is 3. The van der Waals surface area contributed by atoms with Crippen molar-refractivity contribution in [2.24, 2.45) is 0 Å². The van der Waals surface area contributed by atoms with Gasteiger partial charge in [-0.2, -0.15) is 0 Å². The normalized spacial score (nSPS) is 11.1. The second kappa shape index (κ2) is 7.24. The van der Waals surface area contributed by atoms with E-state index in [1.54, 1.807) is 0 Å². The smallest absolute Gasteiger partial charge is 0.196 e. The Morgan fingerprint density at radius 3 is 2.48 bits per heavy atom. The van der Waals surface area contributed by atoms with Gasteiger partial charge in [-0.25, -0.2) is 0 Å². The molecule has 2 heteroatoms. The molecule has 3 aromatic carbocycles. The van der Waals surface area contributed by atoms with Crippen LogP contribution in [0.25, 0.3) is 21.7 Å². The summed E-state index contributed by atoms with van der Waals surface area (Å²) < 4.78 is 2.27. The summed E-state index contributed by atoms with van der Waals surface area (Å²) in [6.45, 7) is 6.77. The molecule has 0 atom stereocenters. The minimum absolute atomic E-state index is 0.1000. The third-order valence-electron chi connectivity index (χ3n) is 5.28. The van der Waals surface area contributed by atoms with E-state index in [1.165, 1.54) is 0 Å². The second-order valence-electron chi connectivity index (χ2n) is 6.92. The minimum Gasteiger partial charge on any atom is -0.344 e. The number of hydrogen-bond donors (Lipinski definition) is 0. The molecule has 134 valence electrons. The first kappa shape index (κ1) is 17.3. The van der Waals surface area contributed by atoms with E-state index >= 15 is 0 Å². The van der Waals surface area contributed by atoms with Gasteiger partial charge in [0.15, 0.2) is 5.78 Å². The van der Waals surface area contributed by atoms with Crippen LogP contribution in [-0.4, -0.2) is 10.4 Å². The number of allylic oxidation sites excluding steroid dienone is 1. The maximum absolute atomic E-state index is 13.6. The van der Waals surface area contributed by atoms with Crippen LogP contribution < -0.4 is 0 Å². The molecule has 4 aromatic rings. The number of carbonyl (C=O) groups excluding carboxylic acids is 1. The number of rotatable bonds is 6. The highest BCUT2D eigenvalue weighted by Gasteiger charge is 2.21. The molecule has 27 heavy (non-hydrogen) atoms. The number of aryl methyl sites for hydroxylation is 1. The van der Waals surface area contributed by atoms with E-state index in [9.17, 15) is 4.79 Å². The van der Waals surface area contributed by atoms with Crippen LogP contribution in [0.3, 0.4) is 0 Å².